The number of nitrogens with zero attached hydrogens (tertiary/aromatic N) is 2. The molecule has 1 atom stereocenters. The Hall–Kier alpha value is -3.20. The molecular weight excluding hydrogens is 418 g/mol. The SMILES string of the molecule is Cc1ccccc1[C@@H]1CC(c2cccc(NS(C)(=O)=O)c2)=NN1C(=O)CCCC(=O)O. The van der Waals surface area contributed by atoms with E-state index in [2.05, 4.69) is 9.82 Å². The molecule has 0 aliphatic carbocycles. The molecule has 0 saturated carbocycles. The molecule has 1 aliphatic heterocycles. The third-order valence-corrected chi connectivity index (χ3v) is 5.60. The van der Waals surface area contributed by atoms with Gasteiger partial charge in [0.15, 0.2) is 0 Å². The number of carbonyl (C=O) groups is 2. The van der Waals surface area contributed by atoms with Gasteiger partial charge in [0.25, 0.3) is 0 Å². The number of aliphatic carboxylic acids is 1. The number of anilines is 1. The van der Waals surface area contributed by atoms with Crippen LogP contribution in [-0.2, 0) is 19.6 Å². The molecular formula is C22H25N3O5S. The molecule has 1 amide bonds. The highest BCUT2D eigenvalue weighted by molar-refractivity contribution is 7.92. The van der Waals surface area contributed by atoms with Crippen LogP contribution < -0.4 is 4.72 Å². The van der Waals surface area contributed by atoms with Crippen LogP contribution in [0.4, 0.5) is 5.69 Å². The van der Waals surface area contributed by atoms with E-state index in [9.17, 15) is 18.0 Å². The molecule has 2 N–H and O–H groups in total. The zero-order valence-electron chi connectivity index (χ0n) is 17.4. The number of aryl methyl sites for hydroxylation is 1. The summed E-state index contributed by atoms with van der Waals surface area (Å²) in [4.78, 5) is 23.7. The highest BCUT2D eigenvalue weighted by Crippen LogP contribution is 2.35. The monoisotopic (exact) mass is 443 g/mol. The lowest BCUT2D eigenvalue weighted by Crippen LogP contribution is -2.27. The maximum absolute atomic E-state index is 12.9. The van der Waals surface area contributed by atoms with E-state index in [1.165, 1.54) is 5.01 Å². The first-order chi connectivity index (χ1) is 14.6. The normalized spacial score (nSPS) is 16.1. The number of carboxylic acids is 1. The number of hydrogen-bond donors (Lipinski definition) is 2. The second-order valence-corrected chi connectivity index (χ2v) is 9.31. The van der Waals surface area contributed by atoms with Crippen LogP contribution in [0.5, 0.6) is 0 Å². The van der Waals surface area contributed by atoms with Crippen LogP contribution in [0.25, 0.3) is 0 Å². The fourth-order valence-corrected chi connectivity index (χ4v) is 4.15. The topological polar surface area (TPSA) is 116 Å². The summed E-state index contributed by atoms with van der Waals surface area (Å²) in [5, 5.41) is 14.9. The van der Waals surface area contributed by atoms with Crippen molar-refractivity contribution in [3.63, 3.8) is 0 Å². The van der Waals surface area contributed by atoms with Crippen LogP contribution in [0.1, 0.15) is 48.4 Å². The summed E-state index contributed by atoms with van der Waals surface area (Å²) in [6.07, 6.45) is 1.80. The van der Waals surface area contributed by atoms with Crippen molar-refractivity contribution in [2.45, 2.75) is 38.6 Å². The first kappa shape index (κ1) is 22.5. The molecule has 0 fully saturated rings. The maximum Gasteiger partial charge on any atom is 0.303 e. The number of hydrogen-bond acceptors (Lipinski definition) is 5. The quantitative estimate of drug-likeness (QED) is 0.649. The highest BCUT2D eigenvalue weighted by atomic mass is 32.2. The second-order valence-electron chi connectivity index (χ2n) is 7.56. The van der Waals surface area contributed by atoms with Crippen molar-refractivity contribution in [2.24, 2.45) is 5.10 Å². The number of benzene rings is 2. The van der Waals surface area contributed by atoms with Gasteiger partial charge in [-0.1, -0.05) is 36.4 Å². The minimum absolute atomic E-state index is 0.0790. The summed E-state index contributed by atoms with van der Waals surface area (Å²) in [7, 11) is -3.42. The molecule has 0 spiro atoms. The van der Waals surface area contributed by atoms with Crippen molar-refractivity contribution < 1.29 is 23.1 Å². The molecule has 1 aliphatic rings. The number of rotatable bonds is 8. The molecule has 2 aromatic carbocycles. The summed E-state index contributed by atoms with van der Waals surface area (Å²) in [5.41, 5.74) is 3.80. The van der Waals surface area contributed by atoms with Crippen molar-refractivity contribution in [1.29, 1.82) is 0 Å². The molecule has 1 heterocycles. The Morgan fingerprint density at radius 1 is 1.16 bits per heavy atom. The average Bonchev–Trinajstić information content (AvgIpc) is 3.12. The van der Waals surface area contributed by atoms with Gasteiger partial charge in [0.2, 0.25) is 15.9 Å². The van der Waals surface area contributed by atoms with Crippen LogP contribution in [0.15, 0.2) is 53.6 Å². The Labute approximate surface area is 181 Å². The van der Waals surface area contributed by atoms with Gasteiger partial charge < -0.3 is 5.11 Å². The Kier molecular flexibility index (Phi) is 6.74. The lowest BCUT2D eigenvalue weighted by Gasteiger charge is -2.23. The van der Waals surface area contributed by atoms with Gasteiger partial charge in [0, 0.05) is 24.9 Å². The molecule has 31 heavy (non-hydrogen) atoms. The number of amides is 1. The van der Waals surface area contributed by atoms with E-state index in [-0.39, 0.29) is 31.2 Å². The summed E-state index contributed by atoms with van der Waals surface area (Å²) >= 11 is 0. The Bertz CT molecular complexity index is 1130. The minimum atomic E-state index is -3.42. The number of carboxylic acid groups (broad SMARTS) is 1. The fourth-order valence-electron chi connectivity index (χ4n) is 3.60. The van der Waals surface area contributed by atoms with E-state index >= 15 is 0 Å². The first-order valence-corrected chi connectivity index (χ1v) is 11.8. The van der Waals surface area contributed by atoms with Crippen LogP contribution in [0.3, 0.4) is 0 Å². The molecule has 0 radical (unpaired) electrons. The Balaban J connectivity index is 1.91. The minimum Gasteiger partial charge on any atom is -0.481 e. The average molecular weight is 444 g/mol. The number of sulfonamides is 1. The predicted octanol–water partition coefficient (Wildman–Crippen LogP) is 3.30. The molecule has 3 rings (SSSR count). The number of nitrogens with one attached hydrogen (secondary N) is 1. The van der Waals surface area contributed by atoms with Crippen LogP contribution in [0, 0.1) is 6.92 Å². The van der Waals surface area contributed by atoms with Gasteiger partial charge in [-0.25, -0.2) is 13.4 Å². The van der Waals surface area contributed by atoms with Gasteiger partial charge in [0.1, 0.15) is 0 Å². The number of carbonyl (C=O) groups excluding carboxylic acids is 1. The zero-order chi connectivity index (χ0) is 22.6. The van der Waals surface area contributed by atoms with E-state index in [1.54, 1.807) is 18.2 Å². The van der Waals surface area contributed by atoms with E-state index in [1.807, 2.05) is 37.3 Å². The van der Waals surface area contributed by atoms with E-state index in [4.69, 9.17) is 5.11 Å². The maximum atomic E-state index is 12.9. The van der Waals surface area contributed by atoms with Crippen molar-refractivity contribution in [3.05, 3.63) is 65.2 Å². The molecule has 164 valence electrons. The Morgan fingerprint density at radius 2 is 1.90 bits per heavy atom. The molecule has 2 aromatic rings. The molecule has 0 aromatic heterocycles. The summed E-state index contributed by atoms with van der Waals surface area (Å²) in [5.74, 6) is -1.18. The molecule has 8 nitrogen and oxygen atoms in total. The van der Waals surface area contributed by atoms with Gasteiger partial charge in [-0.3, -0.25) is 14.3 Å². The molecule has 9 heteroatoms. The van der Waals surface area contributed by atoms with Gasteiger partial charge in [-0.2, -0.15) is 5.10 Å². The van der Waals surface area contributed by atoms with Gasteiger partial charge >= 0.3 is 5.97 Å². The van der Waals surface area contributed by atoms with E-state index in [0.29, 0.717) is 23.4 Å². The second kappa shape index (κ2) is 9.30. The zero-order valence-corrected chi connectivity index (χ0v) is 18.2. The summed E-state index contributed by atoms with van der Waals surface area (Å²) in [6.45, 7) is 1.97. The van der Waals surface area contributed by atoms with Crippen molar-refractivity contribution >= 4 is 33.3 Å². The summed E-state index contributed by atoms with van der Waals surface area (Å²) < 4.78 is 25.6. The summed E-state index contributed by atoms with van der Waals surface area (Å²) in [6, 6.07) is 14.3. The smallest absolute Gasteiger partial charge is 0.303 e. The van der Waals surface area contributed by atoms with Gasteiger partial charge in [-0.05, 0) is 42.2 Å². The van der Waals surface area contributed by atoms with E-state index < -0.39 is 16.0 Å². The fraction of sp³-hybridized carbons (Fsp3) is 0.318. The Morgan fingerprint density at radius 3 is 2.58 bits per heavy atom. The first-order valence-electron chi connectivity index (χ1n) is 9.89. The van der Waals surface area contributed by atoms with Gasteiger partial charge in [-0.15, -0.1) is 0 Å². The molecule has 0 bridgehead atoms. The lowest BCUT2D eigenvalue weighted by molar-refractivity contribution is -0.137. The van der Waals surface area contributed by atoms with Crippen LogP contribution in [0.2, 0.25) is 0 Å². The molecule has 0 saturated heterocycles. The lowest BCUT2D eigenvalue weighted by atomic mass is 9.95. The van der Waals surface area contributed by atoms with Gasteiger partial charge in [0.05, 0.1) is 18.0 Å². The van der Waals surface area contributed by atoms with Crippen LogP contribution in [-0.4, -0.2) is 42.4 Å². The third kappa shape index (κ3) is 5.91. The van der Waals surface area contributed by atoms with Crippen LogP contribution >= 0.6 is 0 Å². The third-order valence-electron chi connectivity index (χ3n) is 4.99. The number of hydrazone groups is 1. The standard InChI is InChI=1S/C22H25N3O5S/c1-15-7-3-4-10-18(15)20-14-19(23-25(20)21(26)11-6-12-22(27)28)16-8-5-9-17(13-16)24-31(2,29)30/h3-5,7-10,13,20,24H,6,11-12,14H2,1-2H3,(H,27,28)/t20-/m0/s1. The highest BCUT2D eigenvalue weighted by Gasteiger charge is 2.33. The van der Waals surface area contributed by atoms with Crippen molar-refractivity contribution in [1.82, 2.24) is 5.01 Å². The van der Waals surface area contributed by atoms with Crippen molar-refractivity contribution in [3.8, 4) is 0 Å². The molecule has 0 unspecified atom stereocenters. The van der Waals surface area contributed by atoms with Crippen molar-refractivity contribution in [2.75, 3.05) is 11.0 Å². The van der Waals surface area contributed by atoms with E-state index in [0.717, 1.165) is 17.4 Å². The predicted molar refractivity (Wildman–Crippen MR) is 118 cm³/mol. The largest absolute Gasteiger partial charge is 0.481 e.